The fraction of sp³-hybridized carbons (Fsp3) is 0.200. The van der Waals surface area contributed by atoms with E-state index in [1.165, 1.54) is 29.1 Å². The Morgan fingerprint density at radius 2 is 2.03 bits per heavy atom. The van der Waals surface area contributed by atoms with Crippen LogP contribution in [-0.2, 0) is 11.5 Å². The molecule has 0 spiro atoms. The average molecular weight is 427 g/mol. The van der Waals surface area contributed by atoms with Gasteiger partial charge >= 0.3 is 0 Å². The minimum absolute atomic E-state index is 0.425. The van der Waals surface area contributed by atoms with Crippen LogP contribution in [0, 0.1) is 6.92 Å². The van der Waals surface area contributed by atoms with Crippen LogP contribution in [-0.4, -0.2) is 33.7 Å². The van der Waals surface area contributed by atoms with E-state index in [9.17, 15) is 0 Å². The highest BCUT2D eigenvalue weighted by atomic mass is 32.2. The van der Waals surface area contributed by atoms with E-state index in [1.54, 1.807) is 13.3 Å². The van der Waals surface area contributed by atoms with Crippen molar-refractivity contribution in [2.24, 2.45) is 15.9 Å². The summed E-state index contributed by atoms with van der Waals surface area (Å²) >= 11 is 2.99. The Bertz CT molecular complexity index is 988. The fourth-order valence-electron chi connectivity index (χ4n) is 2.43. The van der Waals surface area contributed by atoms with E-state index in [2.05, 4.69) is 37.5 Å². The number of rotatable bonds is 8. The van der Waals surface area contributed by atoms with Crippen molar-refractivity contribution in [1.29, 1.82) is 0 Å². The number of H-pyrrole nitrogens is 1. The Kier molecular flexibility index (Phi) is 7.71. The Labute approximate surface area is 178 Å². The molecule has 9 heteroatoms. The first kappa shape index (κ1) is 20.9. The lowest BCUT2D eigenvalue weighted by molar-refractivity contribution is 0.411. The Morgan fingerprint density at radius 3 is 2.76 bits per heavy atom. The van der Waals surface area contributed by atoms with E-state index < -0.39 is 0 Å². The van der Waals surface area contributed by atoms with Crippen LogP contribution < -0.4 is 10.5 Å². The second kappa shape index (κ2) is 10.7. The van der Waals surface area contributed by atoms with Gasteiger partial charge in [0.25, 0.3) is 0 Å². The zero-order chi connectivity index (χ0) is 20.5. The molecule has 7 nitrogen and oxygen atoms in total. The molecule has 3 rings (SSSR count). The number of nitrogens with zero attached hydrogens (tertiary/aromatic N) is 4. The van der Waals surface area contributed by atoms with Gasteiger partial charge in [0.1, 0.15) is 11.6 Å². The molecule has 0 saturated carbocycles. The molecule has 150 valence electrons. The predicted molar refractivity (Wildman–Crippen MR) is 121 cm³/mol. The van der Waals surface area contributed by atoms with E-state index in [0.717, 1.165) is 28.5 Å². The van der Waals surface area contributed by atoms with E-state index in [-0.39, 0.29) is 0 Å². The SMILES string of the molecule is COc1ccc(C=NN=C(N)SCc2ccccc2)cc1CSc1n[nH]c(C)n1. The number of ether oxygens (including phenoxy) is 1. The fourth-order valence-corrected chi connectivity index (χ4v) is 3.87. The summed E-state index contributed by atoms with van der Waals surface area (Å²) in [5.41, 5.74) is 9.07. The number of amidine groups is 1. The van der Waals surface area contributed by atoms with Crippen molar-refractivity contribution in [3.63, 3.8) is 0 Å². The molecule has 0 unspecified atom stereocenters. The first-order valence-corrected chi connectivity index (χ1v) is 10.8. The van der Waals surface area contributed by atoms with E-state index in [0.29, 0.717) is 16.1 Å². The topological polar surface area (TPSA) is 102 Å². The first-order chi connectivity index (χ1) is 14.1. The summed E-state index contributed by atoms with van der Waals surface area (Å²) in [6.07, 6.45) is 1.68. The number of hydrogen-bond donors (Lipinski definition) is 2. The molecule has 0 fully saturated rings. The van der Waals surface area contributed by atoms with Crippen LogP contribution in [0.15, 0.2) is 63.9 Å². The summed E-state index contributed by atoms with van der Waals surface area (Å²) in [5.74, 6) is 3.04. The third-order valence-electron chi connectivity index (χ3n) is 3.83. The number of methoxy groups -OCH3 is 1. The average Bonchev–Trinajstić information content (AvgIpc) is 3.17. The molecule has 0 aliphatic heterocycles. The zero-order valence-electron chi connectivity index (χ0n) is 16.2. The predicted octanol–water partition coefficient (Wildman–Crippen LogP) is 4.00. The molecule has 29 heavy (non-hydrogen) atoms. The van der Waals surface area contributed by atoms with Gasteiger partial charge < -0.3 is 10.5 Å². The third-order valence-corrected chi connectivity index (χ3v) is 5.58. The molecule has 2 aromatic carbocycles. The van der Waals surface area contributed by atoms with E-state index in [1.807, 2.05) is 43.3 Å². The number of aromatic amines is 1. The number of thioether (sulfide) groups is 2. The van der Waals surface area contributed by atoms with Gasteiger partial charge in [-0.1, -0.05) is 53.9 Å². The van der Waals surface area contributed by atoms with Crippen molar-refractivity contribution < 1.29 is 4.74 Å². The lowest BCUT2D eigenvalue weighted by Crippen LogP contribution is -2.06. The molecule has 0 radical (unpaired) electrons. The largest absolute Gasteiger partial charge is 0.496 e. The quantitative estimate of drug-likeness (QED) is 0.244. The van der Waals surface area contributed by atoms with Crippen LogP contribution in [0.5, 0.6) is 5.75 Å². The summed E-state index contributed by atoms with van der Waals surface area (Å²) < 4.78 is 5.45. The smallest absolute Gasteiger partial charge is 0.208 e. The van der Waals surface area contributed by atoms with E-state index >= 15 is 0 Å². The highest BCUT2D eigenvalue weighted by molar-refractivity contribution is 8.13. The number of benzene rings is 2. The molecule has 3 N–H and O–H groups in total. The van der Waals surface area contributed by atoms with Crippen LogP contribution in [0.2, 0.25) is 0 Å². The van der Waals surface area contributed by atoms with Gasteiger partial charge in [-0.3, -0.25) is 5.10 Å². The summed E-state index contributed by atoms with van der Waals surface area (Å²) in [4.78, 5) is 4.31. The number of aromatic nitrogens is 3. The van der Waals surface area contributed by atoms with Crippen molar-refractivity contribution in [2.45, 2.75) is 23.6 Å². The lowest BCUT2D eigenvalue weighted by atomic mass is 10.1. The van der Waals surface area contributed by atoms with Gasteiger partial charge in [0.15, 0.2) is 5.17 Å². The third kappa shape index (κ3) is 6.65. The molecule has 0 aliphatic carbocycles. The van der Waals surface area contributed by atoms with Crippen molar-refractivity contribution >= 4 is 34.9 Å². The van der Waals surface area contributed by atoms with E-state index in [4.69, 9.17) is 10.5 Å². The lowest BCUT2D eigenvalue weighted by Gasteiger charge is -2.08. The monoisotopic (exact) mass is 426 g/mol. The van der Waals surface area contributed by atoms with Gasteiger partial charge in [0.05, 0.1) is 13.3 Å². The maximum atomic E-state index is 5.93. The standard InChI is InChI=1S/C20H22N6OS2/c1-14-23-20(26-24-14)29-13-17-10-16(8-9-18(17)27-2)11-22-25-19(21)28-12-15-6-4-3-5-7-15/h3-11H,12-13H2,1-2H3,(H2,21,25)(H,23,24,26). The maximum Gasteiger partial charge on any atom is 0.208 e. The summed E-state index contributed by atoms with van der Waals surface area (Å²) in [5, 5.41) is 16.3. The second-order valence-corrected chi connectivity index (χ2v) is 7.96. The van der Waals surface area contributed by atoms with Gasteiger partial charge in [-0.05, 0) is 36.2 Å². The molecular weight excluding hydrogens is 404 g/mol. The zero-order valence-corrected chi connectivity index (χ0v) is 17.8. The van der Waals surface area contributed by atoms with Crippen LogP contribution in [0.25, 0.3) is 0 Å². The molecule has 0 amide bonds. The van der Waals surface area contributed by atoms with Gasteiger partial charge in [0, 0.05) is 17.1 Å². The first-order valence-electron chi connectivity index (χ1n) is 8.86. The molecule has 3 aromatic rings. The Morgan fingerprint density at radius 1 is 1.21 bits per heavy atom. The Balaban J connectivity index is 1.60. The molecule has 0 aliphatic rings. The minimum Gasteiger partial charge on any atom is -0.496 e. The molecule has 1 heterocycles. The molecule has 1 aromatic heterocycles. The summed E-state index contributed by atoms with van der Waals surface area (Å²) in [7, 11) is 1.66. The van der Waals surface area contributed by atoms with Gasteiger partial charge in [-0.15, -0.1) is 10.2 Å². The van der Waals surface area contributed by atoms with Crippen LogP contribution >= 0.6 is 23.5 Å². The second-order valence-electron chi connectivity index (χ2n) is 6.02. The van der Waals surface area contributed by atoms with Gasteiger partial charge in [0.2, 0.25) is 5.16 Å². The van der Waals surface area contributed by atoms with Crippen molar-refractivity contribution in [2.75, 3.05) is 7.11 Å². The van der Waals surface area contributed by atoms with Gasteiger partial charge in [-0.25, -0.2) is 4.98 Å². The van der Waals surface area contributed by atoms with Crippen LogP contribution in [0.4, 0.5) is 0 Å². The van der Waals surface area contributed by atoms with Crippen molar-refractivity contribution in [3.05, 3.63) is 71.0 Å². The number of aryl methyl sites for hydroxylation is 1. The molecule has 0 bridgehead atoms. The van der Waals surface area contributed by atoms with Crippen LogP contribution in [0.3, 0.4) is 0 Å². The molecule has 0 saturated heterocycles. The van der Waals surface area contributed by atoms with Crippen molar-refractivity contribution in [3.8, 4) is 5.75 Å². The normalized spacial score (nSPS) is 11.9. The number of nitrogens with two attached hydrogens (primary N) is 1. The molecule has 0 atom stereocenters. The van der Waals surface area contributed by atoms with Crippen LogP contribution in [0.1, 0.15) is 22.5 Å². The van der Waals surface area contributed by atoms with Crippen molar-refractivity contribution in [1.82, 2.24) is 15.2 Å². The highest BCUT2D eigenvalue weighted by Crippen LogP contribution is 2.27. The maximum absolute atomic E-state index is 5.93. The highest BCUT2D eigenvalue weighted by Gasteiger charge is 2.07. The summed E-state index contributed by atoms with van der Waals surface area (Å²) in [6.45, 7) is 1.87. The summed E-state index contributed by atoms with van der Waals surface area (Å²) in [6, 6.07) is 16.0. The number of hydrogen-bond acceptors (Lipinski definition) is 7. The van der Waals surface area contributed by atoms with Gasteiger partial charge in [-0.2, -0.15) is 5.10 Å². The Hall–Kier alpha value is -2.78. The number of nitrogens with one attached hydrogen (secondary N) is 1. The minimum atomic E-state index is 0.425. The molecular formula is C20H22N6OS2.